The van der Waals surface area contributed by atoms with Crippen LogP contribution in [0.1, 0.15) is 5.56 Å². The molecule has 0 aliphatic rings. The molecule has 0 unspecified atom stereocenters. The number of hydrogen-bond donors (Lipinski definition) is 1. The molecule has 3 heterocycles. The van der Waals surface area contributed by atoms with Crippen molar-refractivity contribution < 1.29 is 9.53 Å². The largest absolute Gasteiger partial charge is 0.495 e. The quantitative estimate of drug-likeness (QED) is 0.482. The second-order valence-corrected chi connectivity index (χ2v) is 7.32. The monoisotopic (exact) mass is 451 g/mol. The van der Waals surface area contributed by atoms with Gasteiger partial charge in [0, 0.05) is 23.6 Å². The van der Waals surface area contributed by atoms with Crippen LogP contribution < -0.4 is 21.3 Å². The normalized spacial score (nSPS) is 10.8. The van der Waals surface area contributed by atoms with E-state index in [1.807, 2.05) is 0 Å². The van der Waals surface area contributed by atoms with Crippen molar-refractivity contribution in [3.05, 3.63) is 92.5 Å². The molecule has 1 N–H and O–H groups in total. The number of carbonyl (C=O) groups excluding carboxylic acids is 1. The van der Waals surface area contributed by atoms with Gasteiger partial charge in [-0.2, -0.15) is 0 Å². The molecule has 0 fully saturated rings. The Labute approximate surface area is 186 Å². The molecule has 0 atom stereocenters. The molecule has 3 aromatic heterocycles. The number of fused-ring (bicyclic) bond motifs is 1. The number of methoxy groups -OCH3 is 1. The molecule has 1 aromatic carbocycles. The lowest BCUT2D eigenvalue weighted by Crippen LogP contribution is -2.42. The van der Waals surface area contributed by atoms with Gasteiger partial charge in [-0.3, -0.25) is 23.7 Å². The standard InChI is InChI=1S/C22H18ClN5O4/c1-32-18-7-6-15(23)10-16(18)26-19(29)13-27-17-5-3-9-25-20(17)21(30)28(22(27)31)12-14-4-2-8-24-11-14/h2-11H,12-13H2,1H3,(H,26,29). The van der Waals surface area contributed by atoms with Crippen LogP contribution in [0.5, 0.6) is 5.75 Å². The maximum absolute atomic E-state index is 13.2. The van der Waals surface area contributed by atoms with Gasteiger partial charge in [0.15, 0.2) is 5.52 Å². The fraction of sp³-hybridized carbons (Fsp3) is 0.136. The zero-order chi connectivity index (χ0) is 22.7. The summed E-state index contributed by atoms with van der Waals surface area (Å²) in [5, 5.41) is 3.12. The minimum absolute atomic E-state index is 0.00174. The van der Waals surface area contributed by atoms with Crippen LogP contribution in [0.25, 0.3) is 11.0 Å². The number of nitrogens with zero attached hydrogens (tertiary/aromatic N) is 4. The number of hydrogen-bond acceptors (Lipinski definition) is 6. The highest BCUT2D eigenvalue weighted by Crippen LogP contribution is 2.27. The molecule has 9 nitrogen and oxygen atoms in total. The van der Waals surface area contributed by atoms with Crippen molar-refractivity contribution in [1.82, 2.24) is 19.1 Å². The maximum Gasteiger partial charge on any atom is 0.332 e. The lowest BCUT2D eigenvalue weighted by molar-refractivity contribution is -0.116. The first-order chi connectivity index (χ1) is 15.5. The van der Waals surface area contributed by atoms with E-state index in [1.54, 1.807) is 54.9 Å². The summed E-state index contributed by atoms with van der Waals surface area (Å²) in [5.74, 6) is -0.0763. The van der Waals surface area contributed by atoms with Crippen LogP contribution in [-0.4, -0.2) is 32.1 Å². The van der Waals surface area contributed by atoms with Crippen LogP contribution in [-0.2, 0) is 17.9 Å². The molecule has 162 valence electrons. The molecule has 4 rings (SSSR count). The number of carbonyl (C=O) groups is 1. The van der Waals surface area contributed by atoms with E-state index in [0.29, 0.717) is 22.0 Å². The van der Waals surface area contributed by atoms with E-state index < -0.39 is 17.2 Å². The molecule has 1 amide bonds. The number of halogens is 1. The molecular formula is C22H18ClN5O4. The molecule has 0 spiro atoms. The summed E-state index contributed by atoms with van der Waals surface area (Å²) in [5.41, 5.74) is 0.211. The molecule has 0 radical (unpaired) electrons. The van der Waals surface area contributed by atoms with Gasteiger partial charge in [0.2, 0.25) is 5.91 Å². The van der Waals surface area contributed by atoms with Crippen molar-refractivity contribution in [3.8, 4) is 5.75 Å². The van der Waals surface area contributed by atoms with Crippen LogP contribution in [0, 0.1) is 0 Å². The van der Waals surface area contributed by atoms with Crippen LogP contribution in [0.3, 0.4) is 0 Å². The fourth-order valence-electron chi connectivity index (χ4n) is 3.32. The van der Waals surface area contributed by atoms with Gasteiger partial charge in [0.25, 0.3) is 5.56 Å². The number of aromatic nitrogens is 4. The highest BCUT2D eigenvalue weighted by Gasteiger charge is 2.17. The van der Waals surface area contributed by atoms with Crippen molar-refractivity contribution in [2.45, 2.75) is 13.1 Å². The van der Waals surface area contributed by atoms with Gasteiger partial charge < -0.3 is 10.1 Å². The Morgan fingerprint density at radius 2 is 1.94 bits per heavy atom. The minimum Gasteiger partial charge on any atom is -0.495 e. The van der Waals surface area contributed by atoms with Gasteiger partial charge in [-0.25, -0.2) is 9.78 Å². The Kier molecular flexibility index (Phi) is 6.00. The zero-order valence-electron chi connectivity index (χ0n) is 17.0. The van der Waals surface area contributed by atoms with Gasteiger partial charge in [-0.1, -0.05) is 17.7 Å². The van der Waals surface area contributed by atoms with Crippen molar-refractivity contribution in [2.24, 2.45) is 0 Å². The Hall–Kier alpha value is -3.98. The van der Waals surface area contributed by atoms with Crippen molar-refractivity contribution >= 4 is 34.2 Å². The number of anilines is 1. The smallest absolute Gasteiger partial charge is 0.332 e. The summed E-state index contributed by atoms with van der Waals surface area (Å²) in [6, 6.07) is 11.4. The Morgan fingerprint density at radius 1 is 1.12 bits per heavy atom. The molecule has 0 aliphatic heterocycles. The molecule has 0 saturated carbocycles. The first kappa shape index (κ1) is 21.3. The minimum atomic E-state index is -0.632. The highest BCUT2D eigenvalue weighted by atomic mass is 35.5. The van der Waals surface area contributed by atoms with Crippen molar-refractivity contribution in [1.29, 1.82) is 0 Å². The van der Waals surface area contributed by atoms with Crippen LogP contribution in [0.15, 0.2) is 70.6 Å². The Bertz CT molecular complexity index is 1420. The lowest BCUT2D eigenvalue weighted by Gasteiger charge is -2.15. The maximum atomic E-state index is 13.2. The fourth-order valence-corrected chi connectivity index (χ4v) is 3.49. The van der Waals surface area contributed by atoms with Crippen LogP contribution in [0.2, 0.25) is 5.02 Å². The molecule has 32 heavy (non-hydrogen) atoms. The van der Waals surface area contributed by atoms with Crippen LogP contribution >= 0.6 is 11.6 Å². The van der Waals surface area contributed by atoms with E-state index in [0.717, 1.165) is 4.57 Å². The summed E-state index contributed by atoms with van der Waals surface area (Å²) in [6.07, 6.45) is 4.63. The molecule has 4 aromatic rings. The number of nitrogens with one attached hydrogen (secondary N) is 1. The Morgan fingerprint density at radius 3 is 2.69 bits per heavy atom. The summed E-state index contributed by atoms with van der Waals surface area (Å²) in [7, 11) is 1.47. The SMILES string of the molecule is COc1ccc(Cl)cc1NC(=O)Cn1c(=O)n(Cc2cccnc2)c(=O)c2ncccc21. The van der Waals surface area contributed by atoms with E-state index in [9.17, 15) is 14.4 Å². The number of pyridine rings is 2. The van der Waals surface area contributed by atoms with E-state index in [4.69, 9.17) is 16.3 Å². The molecule has 0 aliphatic carbocycles. The second kappa shape index (κ2) is 9.03. The van der Waals surface area contributed by atoms with Gasteiger partial charge in [0.1, 0.15) is 12.3 Å². The average molecular weight is 452 g/mol. The second-order valence-electron chi connectivity index (χ2n) is 6.89. The van der Waals surface area contributed by atoms with E-state index in [-0.39, 0.29) is 24.1 Å². The van der Waals surface area contributed by atoms with Crippen molar-refractivity contribution in [3.63, 3.8) is 0 Å². The third-order valence-corrected chi connectivity index (χ3v) is 5.02. The van der Waals surface area contributed by atoms with E-state index in [2.05, 4.69) is 15.3 Å². The third kappa shape index (κ3) is 4.23. The van der Waals surface area contributed by atoms with E-state index >= 15 is 0 Å². The molecule has 10 heteroatoms. The van der Waals surface area contributed by atoms with E-state index in [1.165, 1.54) is 17.9 Å². The van der Waals surface area contributed by atoms with Gasteiger partial charge >= 0.3 is 5.69 Å². The zero-order valence-corrected chi connectivity index (χ0v) is 17.7. The number of ether oxygens (including phenoxy) is 1. The lowest BCUT2D eigenvalue weighted by atomic mass is 10.2. The predicted molar refractivity (Wildman–Crippen MR) is 120 cm³/mol. The van der Waals surface area contributed by atoms with Gasteiger partial charge in [-0.15, -0.1) is 0 Å². The molecule has 0 saturated heterocycles. The first-order valence-electron chi connectivity index (χ1n) is 9.58. The van der Waals surface area contributed by atoms with Crippen LogP contribution in [0.4, 0.5) is 5.69 Å². The van der Waals surface area contributed by atoms with Gasteiger partial charge in [-0.05, 0) is 42.0 Å². The average Bonchev–Trinajstić information content (AvgIpc) is 2.80. The summed E-state index contributed by atoms with van der Waals surface area (Å²) < 4.78 is 7.50. The summed E-state index contributed by atoms with van der Waals surface area (Å²) in [6.45, 7) is -0.341. The number of benzene rings is 1. The topological polar surface area (TPSA) is 108 Å². The third-order valence-electron chi connectivity index (χ3n) is 4.79. The molecular weight excluding hydrogens is 434 g/mol. The van der Waals surface area contributed by atoms with Crippen molar-refractivity contribution in [2.75, 3.05) is 12.4 Å². The molecule has 0 bridgehead atoms. The first-order valence-corrected chi connectivity index (χ1v) is 9.96. The number of rotatable bonds is 6. The highest BCUT2D eigenvalue weighted by molar-refractivity contribution is 6.31. The Balaban J connectivity index is 1.75. The summed E-state index contributed by atoms with van der Waals surface area (Å²) in [4.78, 5) is 47.1. The number of amides is 1. The van der Waals surface area contributed by atoms with Gasteiger partial charge in [0.05, 0.1) is 24.9 Å². The predicted octanol–water partition coefficient (Wildman–Crippen LogP) is 2.30. The summed E-state index contributed by atoms with van der Waals surface area (Å²) >= 11 is 6.02.